The maximum Gasteiger partial charge on any atom is 0.231 e. The first-order valence-corrected chi connectivity index (χ1v) is 7.74. The van der Waals surface area contributed by atoms with Gasteiger partial charge in [-0.1, -0.05) is 25.4 Å². The zero-order valence-electron chi connectivity index (χ0n) is 12.4. The Morgan fingerprint density at radius 2 is 2.19 bits per heavy atom. The van der Waals surface area contributed by atoms with E-state index < -0.39 is 0 Å². The lowest BCUT2D eigenvalue weighted by molar-refractivity contribution is -0.119. The number of hydrogen-bond donors (Lipinski definition) is 1. The summed E-state index contributed by atoms with van der Waals surface area (Å²) >= 11 is 6.25. The summed E-state index contributed by atoms with van der Waals surface area (Å²) in [5, 5.41) is 3.75. The SMILES string of the molecule is CC(C)CC1(Cc2cc(Cl)c3c(c2)OCO3)CCC(=O)N1. The van der Waals surface area contributed by atoms with Gasteiger partial charge in [-0.25, -0.2) is 0 Å². The minimum atomic E-state index is -0.164. The summed E-state index contributed by atoms with van der Waals surface area (Å²) in [7, 11) is 0. The van der Waals surface area contributed by atoms with Crippen LogP contribution in [0.5, 0.6) is 11.5 Å². The van der Waals surface area contributed by atoms with Crippen LogP contribution in [0.25, 0.3) is 0 Å². The fourth-order valence-corrected chi connectivity index (χ4v) is 3.71. The van der Waals surface area contributed by atoms with Gasteiger partial charge in [0.2, 0.25) is 12.7 Å². The molecule has 1 atom stereocenters. The van der Waals surface area contributed by atoms with Gasteiger partial charge in [0.15, 0.2) is 11.5 Å². The van der Waals surface area contributed by atoms with Crippen LogP contribution >= 0.6 is 11.6 Å². The molecule has 0 saturated carbocycles. The van der Waals surface area contributed by atoms with E-state index in [-0.39, 0.29) is 18.2 Å². The Labute approximate surface area is 129 Å². The van der Waals surface area contributed by atoms with Gasteiger partial charge in [-0.05, 0) is 42.9 Å². The number of fused-ring (bicyclic) bond motifs is 1. The molecule has 2 aliphatic rings. The summed E-state index contributed by atoms with van der Waals surface area (Å²) in [6, 6.07) is 3.89. The zero-order chi connectivity index (χ0) is 15.0. The second-order valence-electron chi connectivity index (χ2n) is 6.41. The third-order valence-corrected chi connectivity index (χ3v) is 4.34. The van der Waals surface area contributed by atoms with E-state index in [9.17, 15) is 4.79 Å². The van der Waals surface area contributed by atoms with Crippen LogP contribution in [0, 0.1) is 5.92 Å². The second kappa shape index (κ2) is 5.41. The highest BCUT2D eigenvalue weighted by molar-refractivity contribution is 6.32. The molecule has 4 nitrogen and oxygen atoms in total. The highest BCUT2D eigenvalue weighted by atomic mass is 35.5. The number of amides is 1. The number of carbonyl (C=O) groups is 1. The summed E-state index contributed by atoms with van der Waals surface area (Å²) in [6.45, 7) is 4.57. The Kier molecular flexibility index (Phi) is 3.74. The van der Waals surface area contributed by atoms with Crippen molar-refractivity contribution in [2.45, 2.75) is 45.1 Å². The van der Waals surface area contributed by atoms with Gasteiger partial charge in [0.25, 0.3) is 0 Å². The molecule has 1 saturated heterocycles. The minimum Gasteiger partial charge on any atom is -0.454 e. The van der Waals surface area contributed by atoms with Crippen molar-refractivity contribution in [3.63, 3.8) is 0 Å². The highest BCUT2D eigenvalue weighted by Crippen LogP contribution is 2.41. The first kappa shape index (κ1) is 14.5. The lowest BCUT2D eigenvalue weighted by Crippen LogP contribution is -2.44. The van der Waals surface area contributed by atoms with Crippen molar-refractivity contribution < 1.29 is 14.3 Å². The Balaban J connectivity index is 1.86. The van der Waals surface area contributed by atoms with Crippen molar-refractivity contribution in [2.75, 3.05) is 6.79 Å². The molecular formula is C16H20ClNO3. The van der Waals surface area contributed by atoms with Crippen LogP contribution in [0.4, 0.5) is 0 Å². The van der Waals surface area contributed by atoms with Crippen molar-refractivity contribution in [1.82, 2.24) is 5.32 Å². The number of carbonyl (C=O) groups excluding carboxylic acids is 1. The smallest absolute Gasteiger partial charge is 0.231 e. The molecule has 3 rings (SSSR count). The average Bonchev–Trinajstić information content (AvgIpc) is 2.96. The molecule has 0 bridgehead atoms. The van der Waals surface area contributed by atoms with Crippen LogP contribution < -0.4 is 14.8 Å². The number of halogens is 1. The maximum atomic E-state index is 11.7. The van der Waals surface area contributed by atoms with Crippen molar-refractivity contribution in [3.05, 3.63) is 22.7 Å². The highest BCUT2D eigenvalue weighted by Gasteiger charge is 2.38. The van der Waals surface area contributed by atoms with Gasteiger partial charge in [-0.2, -0.15) is 0 Å². The van der Waals surface area contributed by atoms with Gasteiger partial charge < -0.3 is 14.8 Å². The molecule has 0 aliphatic carbocycles. The van der Waals surface area contributed by atoms with Crippen molar-refractivity contribution in [3.8, 4) is 11.5 Å². The Morgan fingerprint density at radius 3 is 2.86 bits per heavy atom. The zero-order valence-corrected chi connectivity index (χ0v) is 13.1. The molecule has 1 aromatic carbocycles. The summed E-state index contributed by atoms with van der Waals surface area (Å²) in [4.78, 5) is 11.7. The fourth-order valence-electron chi connectivity index (χ4n) is 3.43. The van der Waals surface area contributed by atoms with Crippen molar-refractivity contribution in [1.29, 1.82) is 0 Å². The van der Waals surface area contributed by atoms with E-state index in [4.69, 9.17) is 21.1 Å². The maximum absolute atomic E-state index is 11.7. The van der Waals surface area contributed by atoms with Gasteiger partial charge in [-0.15, -0.1) is 0 Å². The van der Waals surface area contributed by atoms with E-state index in [1.807, 2.05) is 12.1 Å². The van der Waals surface area contributed by atoms with E-state index in [0.29, 0.717) is 28.9 Å². The van der Waals surface area contributed by atoms with Crippen LogP contribution in [0.1, 0.15) is 38.7 Å². The summed E-state index contributed by atoms with van der Waals surface area (Å²) < 4.78 is 10.8. The molecule has 0 radical (unpaired) electrons. The lowest BCUT2D eigenvalue weighted by Gasteiger charge is -2.31. The van der Waals surface area contributed by atoms with Gasteiger partial charge in [0.05, 0.1) is 5.02 Å². The number of benzene rings is 1. The fraction of sp³-hybridized carbons (Fsp3) is 0.562. The molecule has 1 aromatic rings. The lowest BCUT2D eigenvalue weighted by atomic mass is 9.82. The summed E-state index contributed by atoms with van der Waals surface area (Å²) in [6.07, 6.45) is 3.21. The molecule has 2 heterocycles. The first-order valence-electron chi connectivity index (χ1n) is 7.36. The molecule has 1 fully saturated rings. The molecule has 1 amide bonds. The van der Waals surface area contributed by atoms with Gasteiger partial charge in [-0.3, -0.25) is 4.79 Å². The van der Waals surface area contributed by atoms with E-state index in [2.05, 4.69) is 19.2 Å². The molecule has 114 valence electrons. The molecule has 2 aliphatic heterocycles. The van der Waals surface area contributed by atoms with Crippen LogP contribution in [0.15, 0.2) is 12.1 Å². The number of ether oxygens (including phenoxy) is 2. The Bertz CT molecular complexity index is 573. The van der Waals surface area contributed by atoms with Crippen LogP contribution in [-0.4, -0.2) is 18.2 Å². The summed E-state index contributed by atoms with van der Waals surface area (Å²) in [5.74, 6) is 1.98. The normalized spacial score (nSPS) is 23.7. The molecule has 1 N–H and O–H groups in total. The topological polar surface area (TPSA) is 47.6 Å². The molecule has 5 heteroatoms. The predicted molar refractivity (Wildman–Crippen MR) is 80.8 cm³/mol. The van der Waals surface area contributed by atoms with Crippen molar-refractivity contribution >= 4 is 17.5 Å². The average molecular weight is 310 g/mol. The molecular weight excluding hydrogens is 290 g/mol. The first-order chi connectivity index (χ1) is 9.97. The molecule has 21 heavy (non-hydrogen) atoms. The number of nitrogens with one attached hydrogen (secondary N) is 1. The van der Waals surface area contributed by atoms with Gasteiger partial charge >= 0.3 is 0 Å². The predicted octanol–water partition coefficient (Wildman–Crippen LogP) is 3.31. The van der Waals surface area contributed by atoms with E-state index >= 15 is 0 Å². The summed E-state index contributed by atoms with van der Waals surface area (Å²) in [5.41, 5.74) is 0.912. The van der Waals surface area contributed by atoms with Gasteiger partial charge in [0.1, 0.15) is 0 Å². The second-order valence-corrected chi connectivity index (χ2v) is 6.82. The largest absolute Gasteiger partial charge is 0.454 e. The minimum absolute atomic E-state index is 0.141. The van der Waals surface area contributed by atoms with E-state index in [1.165, 1.54) is 0 Å². The van der Waals surface area contributed by atoms with Crippen molar-refractivity contribution in [2.24, 2.45) is 5.92 Å². The molecule has 1 unspecified atom stereocenters. The quantitative estimate of drug-likeness (QED) is 0.928. The Hall–Kier alpha value is -1.42. The number of hydrogen-bond acceptors (Lipinski definition) is 3. The molecule has 0 spiro atoms. The Morgan fingerprint density at radius 1 is 1.38 bits per heavy atom. The van der Waals surface area contributed by atoms with Crippen LogP contribution in [-0.2, 0) is 11.2 Å². The molecule has 0 aromatic heterocycles. The van der Waals surface area contributed by atoms with Crippen LogP contribution in [0.3, 0.4) is 0 Å². The third-order valence-electron chi connectivity index (χ3n) is 4.06. The van der Waals surface area contributed by atoms with E-state index in [1.54, 1.807) is 0 Å². The van der Waals surface area contributed by atoms with Gasteiger partial charge in [0, 0.05) is 12.0 Å². The monoisotopic (exact) mass is 309 g/mol. The van der Waals surface area contributed by atoms with E-state index in [0.717, 1.165) is 24.8 Å². The van der Waals surface area contributed by atoms with Crippen LogP contribution in [0.2, 0.25) is 5.02 Å². The third kappa shape index (κ3) is 2.95. The standard InChI is InChI=1S/C16H20ClNO3/c1-10(2)7-16(4-3-14(19)18-16)8-11-5-12(17)15-13(6-11)20-9-21-15/h5-6,10H,3-4,7-9H2,1-2H3,(H,18,19). The number of rotatable bonds is 4.